The van der Waals surface area contributed by atoms with Crippen LogP contribution in [0.25, 0.3) is 0 Å². The second-order valence-electron chi connectivity index (χ2n) is 4.12. The molecular formula is C12H15Cl2NO. The number of rotatable bonds is 3. The molecule has 0 fully saturated rings. The van der Waals surface area contributed by atoms with E-state index in [1.54, 1.807) is 0 Å². The maximum absolute atomic E-state index is 6.09. The summed E-state index contributed by atoms with van der Waals surface area (Å²) in [6.45, 7) is 4.94. The Morgan fingerprint density at radius 1 is 1.50 bits per heavy atom. The van der Waals surface area contributed by atoms with Gasteiger partial charge in [-0.3, -0.25) is 0 Å². The summed E-state index contributed by atoms with van der Waals surface area (Å²) >= 11 is 12.0. The van der Waals surface area contributed by atoms with E-state index in [4.69, 9.17) is 27.9 Å². The SMILES string of the molecule is CCC(C)NC1COc2c1ccc(Cl)c2Cl. The van der Waals surface area contributed by atoms with Crippen LogP contribution >= 0.6 is 23.2 Å². The zero-order chi connectivity index (χ0) is 11.7. The van der Waals surface area contributed by atoms with Crippen molar-refractivity contribution in [3.8, 4) is 5.75 Å². The van der Waals surface area contributed by atoms with Crippen molar-refractivity contribution in [2.24, 2.45) is 0 Å². The summed E-state index contributed by atoms with van der Waals surface area (Å²) in [5, 5.41) is 4.57. The highest BCUT2D eigenvalue weighted by Gasteiger charge is 2.27. The van der Waals surface area contributed by atoms with Crippen LogP contribution in [0, 0.1) is 0 Å². The average Bonchev–Trinajstić information content (AvgIpc) is 2.67. The van der Waals surface area contributed by atoms with Crippen LogP contribution in [0.15, 0.2) is 12.1 Å². The maximum atomic E-state index is 6.09. The van der Waals surface area contributed by atoms with Crippen molar-refractivity contribution in [3.05, 3.63) is 27.7 Å². The molecule has 1 N–H and O–H groups in total. The lowest BCUT2D eigenvalue weighted by Crippen LogP contribution is -2.30. The van der Waals surface area contributed by atoms with E-state index in [-0.39, 0.29) is 6.04 Å². The molecule has 4 heteroatoms. The van der Waals surface area contributed by atoms with Gasteiger partial charge in [0.05, 0.1) is 11.1 Å². The average molecular weight is 260 g/mol. The van der Waals surface area contributed by atoms with Gasteiger partial charge in [0, 0.05) is 11.6 Å². The molecule has 0 saturated heterocycles. The Balaban J connectivity index is 2.24. The first-order valence-corrected chi connectivity index (χ1v) is 6.25. The molecule has 1 heterocycles. The Morgan fingerprint density at radius 2 is 2.25 bits per heavy atom. The maximum Gasteiger partial charge on any atom is 0.144 e. The minimum atomic E-state index is 0.222. The van der Waals surface area contributed by atoms with E-state index in [2.05, 4.69) is 19.2 Å². The van der Waals surface area contributed by atoms with E-state index >= 15 is 0 Å². The Hall–Kier alpha value is -0.440. The summed E-state index contributed by atoms with van der Waals surface area (Å²) in [5.41, 5.74) is 1.11. The number of nitrogens with one attached hydrogen (secondary N) is 1. The minimum absolute atomic E-state index is 0.222. The van der Waals surface area contributed by atoms with Crippen molar-refractivity contribution in [1.82, 2.24) is 5.32 Å². The second-order valence-corrected chi connectivity index (χ2v) is 4.90. The van der Waals surface area contributed by atoms with Gasteiger partial charge in [0.25, 0.3) is 0 Å². The molecule has 0 aromatic heterocycles. The number of halogens is 2. The molecule has 2 unspecified atom stereocenters. The van der Waals surface area contributed by atoms with E-state index < -0.39 is 0 Å². The fraction of sp³-hybridized carbons (Fsp3) is 0.500. The second kappa shape index (κ2) is 4.82. The van der Waals surface area contributed by atoms with Crippen LogP contribution in [-0.4, -0.2) is 12.6 Å². The van der Waals surface area contributed by atoms with Crippen molar-refractivity contribution in [1.29, 1.82) is 0 Å². The molecule has 1 aliphatic heterocycles. The van der Waals surface area contributed by atoms with Gasteiger partial charge in [0.15, 0.2) is 0 Å². The standard InChI is InChI=1S/C12H15Cl2NO/c1-3-7(2)15-10-6-16-12-8(10)4-5-9(13)11(12)14/h4-5,7,10,15H,3,6H2,1-2H3. The molecule has 0 aliphatic carbocycles. The monoisotopic (exact) mass is 259 g/mol. The van der Waals surface area contributed by atoms with Crippen molar-refractivity contribution in [2.75, 3.05) is 6.61 Å². The normalized spacial score (nSPS) is 20.4. The van der Waals surface area contributed by atoms with Gasteiger partial charge in [-0.2, -0.15) is 0 Å². The molecule has 2 rings (SSSR count). The number of hydrogen-bond acceptors (Lipinski definition) is 2. The topological polar surface area (TPSA) is 21.3 Å². The van der Waals surface area contributed by atoms with Gasteiger partial charge in [-0.15, -0.1) is 0 Å². The summed E-state index contributed by atoms with van der Waals surface area (Å²) in [6, 6.07) is 4.49. The van der Waals surface area contributed by atoms with Gasteiger partial charge >= 0.3 is 0 Å². The van der Waals surface area contributed by atoms with Crippen LogP contribution in [-0.2, 0) is 0 Å². The Kier molecular flexibility index (Phi) is 3.63. The first kappa shape index (κ1) is 12.0. The predicted octanol–water partition coefficient (Wildman–Crippen LogP) is 3.82. The van der Waals surface area contributed by atoms with Gasteiger partial charge in [-0.1, -0.05) is 36.2 Å². The van der Waals surface area contributed by atoms with Crippen LogP contribution in [0.3, 0.4) is 0 Å². The van der Waals surface area contributed by atoms with Gasteiger partial charge in [0.2, 0.25) is 0 Å². The summed E-state index contributed by atoms with van der Waals surface area (Å²) < 4.78 is 5.59. The van der Waals surface area contributed by atoms with Crippen LogP contribution in [0.5, 0.6) is 5.75 Å². The zero-order valence-corrected chi connectivity index (χ0v) is 10.9. The van der Waals surface area contributed by atoms with Crippen molar-refractivity contribution in [2.45, 2.75) is 32.4 Å². The summed E-state index contributed by atoms with van der Waals surface area (Å²) in [4.78, 5) is 0. The number of fused-ring (bicyclic) bond motifs is 1. The predicted molar refractivity (Wildman–Crippen MR) is 67.6 cm³/mol. The quantitative estimate of drug-likeness (QED) is 0.892. The summed E-state index contributed by atoms with van der Waals surface area (Å²) in [6.07, 6.45) is 1.09. The molecule has 1 aromatic rings. The smallest absolute Gasteiger partial charge is 0.144 e. The Labute approximate surface area is 106 Å². The fourth-order valence-corrected chi connectivity index (χ4v) is 2.20. The molecule has 0 spiro atoms. The van der Waals surface area contributed by atoms with E-state index in [9.17, 15) is 0 Å². The summed E-state index contributed by atoms with van der Waals surface area (Å²) in [5.74, 6) is 0.731. The fourth-order valence-electron chi connectivity index (χ4n) is 1.82. The molecule has 0 saturated carbocycles. The molecule has 1 aliphatic rings. The molecular weight excluding hydrogens is 245 g/mol. The molecule has 2 atom stereocenters. The van der Waals surface area contributed by atoms with Crippen LogP contribution < -0.4 is 10.1 Å². The van der Waals surface area contributed by atoms with Gasteiger partial charge < -0.3 is 10.1 Å². The van der Waals surface area contributed by atoms with Gasteiger partial charge in [-0.05, 0) is 19.4 Å². The first-order chi connectivity index (χ1) is 7.63. The summed E-state index contributed by atoms with van der Waals surface area (Å²) in [7, 11) is 0. The van der Waals surface area contributed by atoms with Crippen LogP contribution in [0.1, 0.15) is 31.9 Å². The molecule has 0 amide bonds. The third kappa shape index (κ3) is 2.15. The van der Waals surface area contributed by atoms with E-state index in [0.717, 1.165) is 17.7 Å². The van der Waals surface area contributed by atoms with Gasteiger partial charge in [-0.25, -0.2) is 0 Å². The minimum Gasteiger partial charge on any atom is -0.490 e. The molecule has 0 bridgehead atoms. The lowest BCUT2D eigenvalue weighted by Gasteiger charge is -2.17. The van der Waals surface area contributed by atoms with Crippen molar-refractivity contribution >= 4 is 23.2 Å². The van der Waals surface area contributed by atoms with E-state index in [1.165, 1.54) is 0 Å². The highest BCUT2D eigenvalue weighted by molar-refractivity contribution is 6.43. The first-order valence-electron chi connectivity index (χ1n) is 5.50. The Bertz CT molecular complexity index is 395. The third-order valence-corrected chi connectivity index (χ3v) is 3.74. The largest absolute Gasteiger partial charge is 0.490 e. The molecule has 2 nitrogen and oxygen atoms in total. The van der Waals surface area contributed by atoms with E-state index in [1.807, 2.05) is 12.1 Å². The number of benzene rings is 1. The molecule has 16 heavy (non-hydrogen) atoms. The van der Waals surface area contributed by atoms with Crippen LogP contribution in [0.2, 0.25) is 10.0 Å². The molecule has 88 valence electrons. The lowest BCUT2D eigenvalue weighted by molar-refractivity contribution is 0.298. The number of ether oxygens (including phenoxy) is 1. The molecule has 1 aromatic carbocycles. The zero-order valence-electron chi connectivity index (χ0n) is 9.39. The third-order valence-electron chi connectivity index (χ3n) is 2.95. The highest BCUT2D eigenvalue weighted by Crippen LogP contribution is 2.42. The highest BCUT2D eigenvalue weighted by atomic mass is 35.5. The van der Waals surface area contributed by atoms with Crippen LogP contribution in [0.4, 0.5) is 0 Å². The lowest BCUT2D eigenvalue weighted by atomic mass is 10.1. The Morgan fingerprint density at radius 3 is 2.94 bits per heavy atom. The van der Waals surface area contributed by atoms with Gasteiger partial charge in [0.1, 0.15) is 17.4 Å². The van der Waals surface area contributed by atoms with E-state index in [0.29, 0.717) is 22.7 Å². The number of hydrogen-bond donors (Lipinski definition) is 1. The molecule has 0 radical (unpaired) electrons. The van der Waals surface area contributed by atoms with Crippen molar-refractivity contribution in [3.63, 3.8) is 0 Å². The van der Waals surface area contributed by atoms with Crippen molar-refractivity contribution < 1.29 is 4.74 Å².